The van der Waals surface area contributed by atoms with Gasteiger partial charge >= 0.3 is 0 Å². The fraction of sp³-hybridized carbons (Fsp3) is 0.312. The van der Waals surface area contributed by atoms with Crippen molar-refractivity contribution >= 4 is 27.5 Å². The number of allylic oxidation sites excluding steroid dienone is 4. The maximum Gasteiger partial charge on any atom is 0.223 e. The number of hydrogen-bond acceptors (Lipinski definition) is 5. The Hall–Kier alpha value is -2.13. The van der Waals surface area contributed by atoms with Gasteiger partial charge in [-0.1, -0.05) is 12.8 Å². The number of hydrogen-bond donors (Lipinski definition) is 2. The summed E-state index contributed by atoms with van der Waals surface area (Å²) in [5, 5.41) is 16.0. The molecule has 0 amide bonds. The quantitative estimate of drug-likeness (QED) is 0.810. The molecule has 2 N–H and O–H groups in total. The molecule has 0 spiro atoms. The first-order chi connectivity index (χ1) is 10.8. The molecule has 0 bridgehead atoms. The molecule has 2 heterocycles. The lowest BCUT2D eigenvalue weighted by molar-refractivity contribution is 0.743. The maximum atomic E-state index is 9.52. The molecule has 1 aliphatic carbocycles. The molecule has 0 radical (unpaired) electrons. The summed E-state index contributed by atoms with van der Waals surface area (Å²) in [5.41, 5.74) is 1.82. The molecule has 112 valence electrons. The molecule has 1 fully saturated rings. The Bertz CT molecular complexity index is 693. The lowest BCUT2D eigenvalue weighted by atomic mass is 10.1. The van der Waals surface area contributed by atoms with Crippen LogP contribution < -0.4 is 10.6 Å². The van der Waals surface area contributed by atoms with E-state index in [1.807, 2.05) is 12.2 Å². The molecule has 0 saturated heterocycles. The smallest absolute Gasteiger partial charge is 0.223 e. The standard InChI is InChI=1S/C16H16BrN5/c17-13-6-3-8-19-15(13)12(10-18)14-7-9-20-16(22-14)21-11-4-1-2-5-11/h3,6-9,11,19H,1-2,4-5H2,(H,20,21,22). The van der Waals surface area contributed by atoms with Crippen LogP contribution in [-0.4, -0.2) is 16.0 Å². The molecule has 0 unspecified atom stereocenters. The summed E-state index contributed by atoms with van der Waals surface area (Å²) >= 11 is 3.46. The number of dihydropyridines is 1. The van der Waals surface area contributed by atoms with Crippen LogP contribution in [0.4, 0.5) is 5.95 Å². The van der Waals surface area contributed by atoms with Crippen molar-refractivity contribution < 1.29 is 0 Å². The van der Waals surface area contributed by atoms with Crippen molar-refractivity contribution in [3.05, 3.63) is 46.5 Å². The lowest BCUT2D eigenvalue weighted by Crippen LogP contribution is -2.17. The van der Waals surface area contributed by atoms with Gasteiger partial charge in [-0.2, -0.15) is 5.26 Å². The van der Waals surface area contributed by atoms with Crippen LogP contribution in [0.1, 0.15) is 31.4 Å². The number of aromatic nitrogens is 2. The van der Waals surface area contributed by atoms with E-state index in [-0.39, 0.29) is 0 Å². The van der Waals surface area contributed by atoms with Gasteiger partial charge < -0.3 is 10.6 Å². The Labute approximate surface area is 138 Å². The second-order valence-electron chi connectivity index (χ2n) is 5.27. The van der Waals surface area contributed by atoms with Crippen LogP contribution in [0.2, 0.25) is 0 Å². The minimum absolute atomic E-state index is 0.441. The van der Waals surface area contributed by atoms with E-state index in [2.05, 4.69) is 42.6 Å². The van der Waals surface area contributed by atoms with Gasteiger partial charge in [0, 0.05) is 22.9 Å². The van der Waals surface area contributed by atoms with Gasteiger partial charge in [0.05, 0.1) is 11.4 Å². The van der Waals surface area contributed by atoms with E-state index in [1.165, 1.54) is 12.8 Å². The van der Waals surface area contributed by atoms with E-state index in [0.29, 0.717) is 23.3 Å². The zero-order chi connectivity index (χ0) is 15.4. The highest BCUT2D eigenvalue weighted by molar-refractivity contribution is 9.12. The molecular formula is C16H16BrN5. The molecule has 1 aromatic heterocycles. The van der Waals surface area contributed by atoms with Crippen LogP contribution in [0.3, 0.4) is 0 Å². The summed E-state index contributed by atoms with van der Waals surface area (Å²) in [6.07, 6.45) is 12.0. The van der Waals surface area contributed by atoms with Gasteiger partial charge in [0.1, 0.15) is 11.6 Å². The largest absolute Gasteiger partial charge is 0.360 e. The van der Waals surface area contributed by atoms with E-state index in [1.54, 1.807) is 18.5 Å². The average Bonchev–Trinajstić information content (AvgIpc) is 3.03. The fourth-order valence-electron chi connectivity index (χ4n) is 2.67. The Morgan fingerprint density at radius 2 is 2.23 bits per heavy atom. The third-order valence-electron chi connectivity index (χ3n) is 3.77. The van der Waals surface area contributed by atoms with E-state index in [9.17, 15) is 5.26 Å². The molecule has 1 saturated carbocycles. The molecule has 0 aromatic carbocycles. The van der Waals surface area contributed by atoms with Gasteiger partial charge in [-0.3, -0.25) is 0 Å². The molecule has 1 aromatic rings. The van der Waals surface area contributed by atoms with Crippen molar-refractivity contribution in [2.24, 2.45) is 0 Å². The Morgan fingerprint density at radius 3 is 2.95 bits per heavy atom. The van der Waals surface area contributed by atoms with E-state index >= 15 is 0 Å². The zero-order valence-corrected chi connectivity index (χ0v) is 13.6. The van der Waals surface area contributed by atoms with E-state index in [0.717, 1.165) is 23.0 Å². The summed E-state index contributed by atoms with van der Waals surface area (Å²) in [6, 6.07) is 4.43. The number of halogens is 1. The molecule has 3 rings (SSSR count). The van der Waals surface area contributed by atoms with Crippen LogP contribution >= 0.6 is 15.9 Å². The Kier molecular flexibility index (Phi) is 4.54. The predicted octanol–water partition coefficient (Wildman–Crippen LogP) is 3.46. The molecule has 2 aliphatic rings. The van der Waals surface area contributed by atoms with Gasteiger partial charge in [0.15, 0.2) is 0 Å². The van der Waals surface area contributed by atoms with Crippen LogP contribution in [0.5, 0.6) is 0 Å². The minimum Gasteiger partial charge on any atom is -0.360 e. The second kappa shape index (κ2) is 6.75. The van der Waals surface area contributed by atoms with Crippen molar-refractivity contribution in [3.8, 4) is 6.07 Å². The van der Waals surface area contributed by atoms with Gasteiger partial charge in [-0.15, -0.1) is 0 Å². The van der Waals surface area contributed by atoms with Crippen LogP contribution in [0.15, 0.2) is 40.8 Å². The van der Waals surface area contributed by atoms with Gasteiger partial charge in [-0.05, 0) is 47.0 Å². The topological polar surface area (TPSA) is 73.6 Å². The van der Waals surface area contributed by atoms with Gasteiger partial charge in [0.25, 0.3) is 0 Å². The highest BCUT2D eigenvalue weighted by Gasteiger charge is 2.18. The predicted molar refractivity (Wildman–Crippen MR) is 89.7 cm³/mol. The van der Waals surface area contributed by atoms with Gasteiger partial charge in [-0.25, -0.2) is 9.97 Å². The molecule has 5 nitrogen and oxygen atoms in total. The van der Waals surface area contributed by atoms with Crippen LogP contribution in [0, 0.1) is 11.3 Å². The number of anilines is 1. The summed E-state index contributed by atoms with van der Waals surface area (Å²) in [6.45, 7) is 0. The Morgan fingerprint density at radius 1 is 1.41 bits per heavy atom. The highest BCUT2D eigenvalue weighted by Crippen LogP contribution is 2.27. The third kappa shape index (κ3) is 3.20. The second-order valence-corrected chi connectivity index (χ2v) is 6.13. The first-order valence-corrected chi connectivity index (χ1v) is 8.11. The van der Waals surface area contributed by atoms with Gasteiger partial charge in [0.2, 0.25) is 5.95 Å². The zero-order valence-electron chi connectivity index (χ0n) is 12.0. The monoisotopic (exact) mass is 357 g/mol. The maximum absolute atomic E-state index is 9.52. The van der Waals surface area contributed by atoms with Crippen LogP contribution in [-0.2, 0) is 0 Å². The Balaban J connectivity index is 1.90. The summed E-state index contributed by atoms with van der Waals surface area (Å²) in [4.78, 5) is 8.77. The van der Waals surface area contributed by atoms with Crippen molar-refractivity contribution in [2.45, 2.75) is 31.7 Å². The number of nitrogens with zero attached hydrogens (tertiary/aromatic N) is 3. The van der Waals surface area contributed by atoms with Crippen molar-refractivity contribution in [1.82, 2.24) is 15.3 Å². The van der Waals surface area contributed by atoms with E-state index in [4.69, 9.17) is 0 Å². The van der Waals surface area contributed by atoms with Crippen molar-refractivity contribution in [2.75, 3.05) is 5.32 Å². The lowest BCUT2D eigenvalue weighted by Gasteiger charge is -2.14. The average molecular weight is 358 g/mol. The molecule has 6 heteroatoms. The highest BCUT2D eigenvalue weighted by atomic mass is 79.9. The molecular weight excluding hydrogens is 342 g/mol. The summed E-state index contributed by atoms with van der Waals surface area (Å²) < 4.78 is 0.829. The first kappa shape index (κ1) is 14.8. The minimum atomic E-state index is 0.441. The molecule has 1 aliphatic heterocycles. The first-order valence-electron chi connectivity index (χ1n) is 7.31. The van der Waals surface area contributed by atoms with E-state index < -0.39 is 0 Å². The van der Waals surface area contributed by atoms with Crippen molar-refractivity contribution in [3.63, 3.8) is 0 Å². The fourth-order valence-corrected chi connectivity index (χ4v) is 3.13. The number of rotatable bonds is 3. The SMILES string of the molecule is N#CC(=C1NC=CC=C1Br)c1ccnc(NC2CCCC2)n1. The summed E-state index contributed by atoms with van der Waals surface area (Å²) in [7, 11) is 0. The normalized spacial score (nSPS) is 20.1. The number of nitrogens with one attached hydrogen (secondary N) is 2. The number of nitriles is 1. The van der Waals surface area contributed by atoms with Crippen LogP contribution in [0.25, 0.3) is 5.57 Å². The molecule has 22 heavy (non-hydrogen) atoms. The third-order valence-corrected chi connectivity index (χ3v) is 4.43. The summed E-state index contributed by atoms with van der Waals surface area (Å²) in [5.74, 6) is 0.587. The molecule has 0 atom stereocenters. The van der Waals surface area contributed by atoms with Crippen molar-refractivity contribution in [1.29, 1.82) is 5.26 Å².